The number of anilines is 1. The fourth-order valence-corrected chi connectivity index (χ4v) is 11.4. The average Bonchev–Trinajstić information content (AvgIpc) is 1.59. The maximum Gasteiger partial charge on any atom is 1.00 e. The molecule has 0 radical (unpaired) electrons. The van der Waals surface area contributed by atoms with Crippen molar-refractivity contribution in [3.8, 4) is 11.8 Å². The first-order valence-corrected chi connectivity index (χ1v) is 38.6. The molecule has 4 N–H and O–H groups in total. The summed E-state index contributed by atoms with van der Waals surface area (Å²) in [7, 11) is -1.42. The van der Waals surface area contributed by atoms with Crippen LogP contribution < -0.4 is 62.6 Å². The molecule has 0 saturated carbocycles. The SMILES string of the molecule is CC1(C)OB(B2OC(C)(C)C(C)(C)O2)OC1(C)C.CCN(CC)C(=O)c1nc2ccc(B3OC(C)(C)C(C)(C)O3)cc2o1.CCN(CC)C(=O)c1nc2ccc(Br)cc2o1.CCN(CC)CC#N.CCOC(=S)[S-].Clc1nc2ccc(Br)cc2o1.Nc1ccc(Br)cc1O.S=c1[nH]c2ccc(Br)cc2o1.[K+]. The Morgan fingerprint density at radius 1 is 0.575 bits per heavy atom. The molecule has 568 valence electrons. The van der Waals surface area contributed by atoms with E-state index in [0.717, 1.165) is 53.1 Å². The summed E-state index contributed by atoms with van der Waals surface area (Å²) >= 11 is 32.3. The standard InChI is InChI=1S/C18H25BN2O4.C12H24B2O4.C12H13BrN2O2.C7H3BrClNO.C7H4BrNOS.C6H6BrNO.C6H12N2.C3H6OS2.K/c1-7-21(8-2)16(22)15-20-13-10-9-12(11-14(13)23-15)19-24-17(3,4)18(5,6)25-19;1-9(2)10(3,4)16-13(15-9)14-17-11(5,6)12(7,8)18-14;1-3-15(4-2)12(16)11-14-9-6-5-8(13)7-10(9)17-11;8-4-1-2-5-6(3-4)11-7(9)10-5;8-4-1-2-5-6(3-4)10-7(11)9-5;7-4-1-2-5(8)6(9)3-4;1-3-8(4-2)6-5-7;1-2-4-3(5)6;/h9-11H,7-8H2,1-6H3;1-8H3;5-7H,3-4H2,1-2H3;1-3H;1-3H,(H,9,11);1-3,9H,8H2;3-4,6H2,1-2H3;2H2,1H3,(H,5,6);/q;;;;;;;;+1/p-1. The van der Waals surface area contributed by atoms with E-state index < -0.39 is 32.3 Å². The first-order chi connectivity index (χ1) is 49.0. The Morgan fingerprint density at radius 3 is 1.33 bits per heavy atom. The number of H-pyrrole nitrogens is 1. The fraction of sp³-hybridized carbons (Fsp3) is 0.465. The van der Waals surface area contributed by atoms with Gasteiger partial charge in [0.05, 0.1) is 64.0 Å². The number of nitriles is 1. The molecule has 5 aromatic carbocycles. The number of aromatic amines is 1. The van der Waals surface area contributed by atoms with Crippen LogP contribution in [0.3, 0.4) is 0 Å². The molecule has 2 amide bonds. The maximum absolute atomic E-state index is 12.4. The number of halogens is 5. The second-order valence-electron chi connectivity index (χ2n) is 26.4. The van der Waals surface area contributed by atoms with E-state index in [1.165, 1.54) is 0 Å². The number of benzene rings is 5. The van der Waals surface area contributed by atoms with Gasteiger partial charge in [0.25, 0.3) is 22.0 Å². The first kappa shape index (κ1) is 94.5. The monoisotopic (exact) mass is 1810 g/mol. The summed E-state index contributed by atoms with van der Waals surface area (Å²) in [5, 5.41) is 17.3. The Kier molecular flexibility index (Phi) is 37.5. The second-order valence-corrected chi connectivity index (χ2v) is 31.8. The molecule has 3 fully saturated rings. The number of carbonyl (C=O) groups is 2. The summed E-state index contributed by atoms with van der Waals surface area (Å²) in [6.45, 7) is 43.6. The smallest absolute Gasteiger partial charge is 0.514 e. The van der Waals surface area contributed by atoms with E-state index in [9.17, 15) is 9.59 Å². The molecule has 0 aliphatic carbocycles. The zero-order valence-electron chi connectivity index (χ0n) is 63.6. The van der Waals surface area contributed by atoms with Gasteiger partial charge in [-0.2, -0.15) is 10.2 Å². The van der Waals surface area contributed by atoms with Crippen LogP contribution in [0, 0.1) is 16.2 Å². The number of phenolic OH excluding ortho intramolecular Hbond substituents is 1. The van der Waals surface area contributed by atoms with Crippen LogP contribution >= 0.6 is 99.8 Å². The van der Waals surface area contributed by atoms with Crippen molar-refractivity contribution in [1.29, 1.82) is 5.26 Å². The Bertz CT molecular complexity index is 4390. The molecule has 3 aliphatic rings. The molecular formula is C71H92B3Br4ClKN9O14S3. The van der Waals surface area contributed by atoms with Crippen molar-refractivity contribution in [3.63, 3.8) is 0 Å². The number of nitrogens with two attached hydrogens (primary N) is 1. The Morgan fingerprint density at radius 2 is 0.953 bits per heavy atom. The van der Waals surface area contributed by atoms with E-state index in [4.69, 9.17) is 85.5 Å². The fourth-order valence-electron chi connectivity index (χ4n) is 9.41. The molecule has 3 aliphatic heterocycles. The van der Waals surface area contributed by atoms with Crippen molar-refractivity contribution < 1.29 is 116 Å². The summed E-state index contributed by atoms with van der Waals surface area (Å²) in [5.74, 6) is 0.0247. The Hall–Kier alpha value is -3.90. The van der Waals surface area contributed by atoms with Crippen molar-refractivity contribution >= 4 is 205 Å². The molecule has 35 heteroatoms. The number of carbonyl (C=O) groups excluding carboxylic acids is 2. The predicted molar refractivity (Wildman–Crippen MR) is 439 cm³/mol. The number of ether oxygens (including phenoxy) is 1. The topological polar surface area (TPSA) is 286 Å². The molecule has 23 nitrogen and oxygen atoms in total. The van der Waals surface area contributed by atoms with Gasteiger partial charge in [0, 0.05) is 48.5 Å². The van der Waals surface area contributed by atoms with Crippen molar-refractivity contribution in [2.75, 3.05) is 58.2 Å². The Balaban J connectivity index is 0.000000266. The summed E-state index contributed by atoms with van der Waals surface area (Å²) < 4.78 is 65.9. The average molecular weight is 1820 g/mol. The van der Waals surface area contributed by atoms with Gasteiger partial charge in [0.2, 0.25) is 0 Å². The number of aromatic hydroxyl groups is 1. The molecule has 0 unspecified atom stereocenters. The normalized spacial score (nSPS) is 15.7. The number of rotatable bonds is 12. The van der Waals surface area contributed by atoms with E-state index in [-0.39, 0.29) is 113 Å². The molecule has 106 heavy (non-hydrogen) atoms. The van der Waals surface area contributed by atoms with Crippen LogP contribution in [0.5, 0.6) is 5.75 Å². The summed E-state index contributed by atoms with van der Waals surface area (Å²) in [6.07, 6.45) is 0. The van der Waals surface area contributed by atoms with Crippen LogP contribution in [0.2, 0.25) is 5.35 Å². The Labute approximate surface area is 719 Å². The number of amides is 2. The number of nitrogens with one attached hydrogen (secondary N) is 1. The number of nitrogens with zero attached hydrogens (tertiary/aromatic N) is 7. The van der Waals surface area contributed by atoms with Crippen LogP contribution in [0.1, 0.15) is 153 Å². The van der Waals surface area contributed by atoms with E-state index in [1.807, 2.05) is 184 Å². The van der Waals surface area contributed by atoms with Gasteiger partial charge in [0.15, 0.2) is 22.3 Å². The predicted octanol–water partition coefficient (Wildman–Crippen LogP) is 14.9. The number of hydrogen-bond donors (Lipinski definition) is 3. The van der Waals surface area contributed by atoms with E-state index in [0.29, 0.717) is 77.6 Å². The minimum atomic E-state index is -0.476. The third-order valence-electron chi connectivity index (χ3n) is 17.7. The minimum absolute atomic E-state index is 0. The zero-order chi connectivity index (χ0) is 78.7. The van der Waals surface area contributed by atoms with Crippen LogP contribution in [0.15, 0.2) is 127 Å². The van der Waals surface area contributed by atoms with Gasteiger partial charge in [-0.25, -0.2) is 9.97 Å². The number of nitrogen functional groups attached to an aromatic ring is 1. The number of aromatic nitrogens is 4. The van der Waals surface area contributed by atoms with E-state index in [1.54, 1.807) is 34.1 Å². The number of phenols is 1. The molecule has 12 rings (SSSR count). The van der Waals surface area contributed by atoms with Crippen LogP contribution in [0.4, 0.5) is 5.69 Å². The van der Waals surface area contributed by atoms with Crippen molar-refractivity contribution in [1.82, 2.24) is 34.6 Å². The molecule has 9 aromatic rings. The van der Waals surface area contributed by atoms with Gasteiger partial charge in [-0.05, 0) is 245 Å². The number of thiocarbonyl (C=S) groups is 1. The molecule has 0 bridgehead atoms. The van der Waals surface area contributed by atoms with Crippen molar-refractivity contribution in [3.05, 3.63) is 131 Å². The number of fused-ring (bicyclic) bond motifs is 4. The first-order valence-electron chi connectivity index (χ1n) is 33.8. The number of oxazole rings is 4. The quantitative estimate of drug-likeness (QED) is 0.0256. The minimum Gasteiger partial charge on any atom is -0.514 e. The van der Waals surface area contributed by atoms with Gasteiger partial charge in [-0.3, -0.25) is 14.5 Å². The van der Waals surface area contributed by atoms with E-state index in [2.05, 4.69) is 138 Å². The third-order valence-corrected chi connectivity index (χ3v) is 20.2. The van der Waals surface area contributed by atoms with Gasteiger partial charge >= 0.3 is 84.3 Å². The van der Waals surface area contributed by atoms with Gasteiger partial charge < -0.3 is 101 Å². The van der Waals surface area contributed by atoms with Gasteiger partial charge in [-0.15, -0.1) is 0 Å². The molecular weight excluding hydrogens is 1730 g/mol. The zero-order valence-corrected chi connectivity index (χ0v) is 76.3. The van der Waals surface area contributed by atoms with Crippen LogP contribution in [0.25, 0.3) is 44.4 Å². The van der Waals surface area contributed by atoms with Crippen LogP contribution in [-0.2, 0) is 45.3 Å². The third kappa shape index (κ3) is 26.6. The molecule has 3 saturated heterocycles. The molecule has 7 heterocycles. The van der Waals surface area contributed by atoms with Crippen LogP contribution in [-0.4, -0.2) is 163 Å². The largest absolute Gasteiger partial charge is 1.00 e. The summed E-state index contributed by atoms with van der Waals surface area (Å²) in [4.78, 5) is 45.6. The molecule has 0 atom stereocenters. The van der Waals surface area contributed by atoms with Gasteiger partial charge in [-0.1, -0.05) is 83.6 Å². The second kappa shape index (κ2) is 42.1. The van der Waals surface area contributed by atoms with E-state index >= 15 is 0 Å². The molecule has 4 aromatic heterocycles. The molecule has 0 spiro atoms. The summed E-state index contributed by atoms with van der Waals surface area (Å²) in [6, 6.07) is 29.4. The van der Waals surface area contributed by atoms with Crippen molar-refractivity contribution in [2.24, 2.45) is 0 Å². The maximum atomic E-state index is 12.4. The summed E-state index contributed by atoms with van der Waals surface area (Å²) in [5.41, 5.74) is 10.0. The van der Waals surface area contributed by atoms with Gasteiger partial charge in [0.1, 0.15) is 22.3 Å². The van der Waals surface area contributed by atoms with Crippen molar-refractivity contribution in [2.45, 2.75) is 165 Å². The number of hydrogen-bond acceptors (Lipinski definition) is 23.